The second-order valence-corrected chi connectivity index (χ2v) is 5.94. The first-order valence-electron chi connectivity index (χ1n) is 6.40. The third-order valence-corrected chi connectivity index (χ3v) is 3.89. The van der Waals surface area contributed by atoms with Crippen LogP contribution in [0.15, 0.2) is 65.1 Å². The minimum atomic E-state index is 0.312. The second kappa shape index (κ2) is 5.84. The number of halogens is 1. The van der Waals surface area contributed by atoms with Crippen molar-refractivity contribution in [2.24, 2.45) is 5.73 Å². The van der Waals surface area contributed by atoms with Crippen LogP contribution in [0.1, 0.15) is 5.56 Å². The molecule has 2 nitrogen and oxygen atoms in total. The first kappa shape index (κ1) is 14.0. The molecule has 0 aromatic heterocycles. The highest BCUT2D eigenvalue weighted by molar-refractivity contribution is 9.10. The van der Waals surface area contributed by atoms with Crippen molar-refractivity contribution in [3.63, 3.8) is 0 Å². The van der Waals surface area contributed by atoms with Crippen molar-refractivity contribution in [3.05, 3.63) is 70.7 Å². The molecule has 3 aromatic rings. The Kier molecular flexibility index (Phi) is 3.90. The fourth-order valence-corrected chi connectivity index (χ4v) is 2.71. The average Bonchev–Trinajstić information content (AvgIpc) is 2.49. The van der Waals surface area contributed by atoms with E-state index in [1.54, 1.807) is 0 Å². The smallest absolute Gasteiger partial charge is 0.137 e. The van der Waals surface area contributed by atoms with E-state index in [9.17, 15) is 0 Å². The fraction of sp³-hybridized carbons (Fsp3) is 0. The van der Waals surface area contributed by atoms with Crippen LogP contribution in [0.25, 0.3) is 10.8 Å². The van der Waals surface area contributed by atoms with Gasteiger partial charge in [0.05, 0.1) is 5.56 Å². The summed E-state index contributed by atoms with van der Waals surface area (Å²) < 4.78 is 6.96. The maximum Gasteiger partial charge on any atom is 0.137 e. The molecule has 0 unspecified atom stereocenters. The minimum absolute atomic E-state index is 0.312. The predicted octanol–water partition coefficient (Wildman–Crippen LogP) is 5.03. The molecule has 4 heteroatoms. The zero-order valence-corrected chi connectivity index (χ0v) is 13.4. The highest BCUT2D eigenvalue weighted by Crippen LogP contribution is 2.32. The van der Waals surface area contributed by atoms with Gasteiger partial charge in [0, 0.05) is 9.86 Å². The molecule has 2 N–H and O–H groups in total. The minimum Gasteiger partial charge on any atom is -0.456 e. The summed E-state index contributed by atoms with van der Waals surface area (Å²) >= 11 is 8.52. The molecule has 3 rings (SSSR count). The van der Waals surface area contributed by atoms with Gasteiger partial charge in [-0.05, 0) is 29.7 Å². The summed E-state index contributed by atoms with van der Waals surface area (Å²) in [5.41, 5.74) is 6.50. The van der Waals surface area contributed by atoms with Gasteiger partial charge in [0.2, 0.25) is 0 Å². The molecule has 0 bridgehead atoms. The van der Waals surface area contributed by atoms with Gasteiger partial charge in [0.15, 0.2) is 0 Å². The molecule has 0 amide bonds. The number of fused-ring (bicyclic) bond motifs is 1. The lowest BCUT2D eigenvalue weighted by Crippen LogP contribution is -2.10. The summed E-state index contributed by atoms with van der Waals surface area (Å²) in [7, 11) is 0. The van der Waals surface area contributed by atoms with Gasteiger partial charge in [-0.25, -0.2) is 0 Å². The molecule has 0 aliphatic carbocycles. The van der Waals surface area contributed by atoms with E-state index >= 15 is 0 Å². The van der Waals surface area contributed by atoms with Crippen LogP contribution in [-0.4, -0.2) is 4.99 Å². The zero-order valence-electron chi connectivity index (χ0n) is 11.0. The third kappa shape index (κ3) is 2.91. The average molecular weight is 358 g/mol. The van der Waals surface area contributed by atoms with Gasteiger partial charge >= 0.3 is 0 Å². The zero-order chi connectivity index (χ0) is 14.8. The summed E-state index contributed by atoms with van der Waals surface area (Å²) in [5, 5.41) is 2.18. The van der Waals surface area contributed by atoms with Crippen molar-refractivity contribution < 1.29 is 4.74 Å². The van der Waals surface area contributed by atoms with Crippen molar-refractivity contribution >= 4 is 43.9 Å². The van der Waals surface area contributed by atoms with E-state index in [1.165, 1.54) is 0 Å². The molecule has 0 saturated heterocycles. The van der Waals surface area contributed by atoms with Gasteiger partial charge in [-0.2, -0.15) is 0 Å². The van der Waals surface area contributed by atoms with Crippen LogP contribution >= 0.6 is 28.1 Å². The van der Waals surface area contributed by atoms with E-state index in [2.05, 4.69) is 28.1 Å². The SMILES string of the molecule is NC(=S)c1cc(Br)ccc1Oc1cccc2ccccc12. The lowest BCUT2D eigenvalue weighted by Gasteiger charge is -2.12. The first-order valence-corrected chi connectivity index (χ1v) is 7.60. The third-order valence-electron chi connectivity index (χ3n) is 3.18. The summed E-state index contributed by atoms with van der Waals surface area (Å²) in [5.74, 6) is 1.44. The van der Waals surface area contributed by atoms with E-state index in [4.69, 9.17) is 22.7 Å². The Hall–Kier alpha value is -1.91. The number of nitrogens with two attached hydrogens (primary N) is 1. The van der Waals surface area contributed by atoms with Gasteiger partial charge in [-0.3, -0.25) is 0 Å². The van der Waals surface area contributed by atoms with E-state index < -0.39 is 0 Å². The Labute approximate surface area is 136 Å². The lowest BCUT2D eigenvalue weighted by molar-refractivity contribution is 0.487. The van der Waals surface area contributed by atoms with Crippen molar-refractivity contribution in [2.75, 3.05) is 0 Å². The predicted molar refractivity (Wildman–Crippen MR) is 94.1 cm³/mol. The largest absolute Gasteiger partial charge is 0.456 e. The Bertz CT molecular complexity index is 827. The number of hydrogen-bond donors (Lipinski definition) is 1. The summed E-state index contributed by atoms with van der Waals surface area (Å²) in [6.45, 7) is 0. The monoisotopic (exact) mass is 357 g/mol. The molecular weight excluding hydrogens is 346 g/mol. The quantitative estimate of drug-likeness (QED) is 0.667. The number of ether oxygens (including phenoxy) is 1. The standard InChI is InChI=1S/C17H12BrNOS/c18-12-8-9-16(14(10-12)17(19)21)20-15-7-3-5-11-4-1-2-6-13(11)15/h1-10H,(H2,19,21). The summed E-state index contributed by atoms with van der Waals surface area (Å²) in [6.07, 6.45) is 0. The van der Waals surface area contributed by atoms with Gasteiger partial charge < -0.3 is 10.5 Å². The lowest BCUT2D eigenvalue weighted by atomic mass is 10.1. The van der Waals surface area contributed by atoms with Crippen molar-refractivity contribution in [1.29, 1.82) is 0 Å². The number of thiocarbonyl (C=S) groups is 1. The Morgan fingerprint density at radius 2 is 1.71 bits per heavy atom. The van der Waals surface area contributed by atoms with E-state index in [1.807, 2.05) is 48.5 Å². The van der Waals surface area contributed by atoms with Crippen molar-refractivity contribution in [1.82, 2.24) is 0 Å². The molecule has 0 radical (unpaired) electrons. The molecule has 104 valence electrons. The van der Waals surface area contributed by atoms with E-state index in [0.29, 0.717) is 16.3 Å². The highest BCUT2D eigenvalue weighted by atomic mass is 79.9. The summed E-state index contributed by atoms with van der Waals surface area (Å²) in [6, 6.07) is 19.7. The van der Waals surface area contributed by atoms with Crippen LogP contribution in [0.5, 0.6) is 11.5 Å². The Morgan fingerprint density at radius 3 is 2.52 bits per heavy atom. The van der Waals surface area contributed by atoms with Crippen LogP contribution < -0.4 is 10.5 Å². The van der Waals surface area contributed by atoms with Crippen LogP contribution in [0.2, 0.25) is 0 Å². The number of hydrogen-bond acceptors (Lipinski definition) is 2. The van der Waals surface area contributed by atoms with Gasteiger partial charge in [-0.15, -0.1) is 0 Å². The van der Waals surface area contributed by atoms with E-state index in [0.717, 1.165) is 21.0 Å². The molecule has 0 atom stereocenters. The molecule has 0 heterocycles. The fourth-order valence-electron chi connectivity index (χ4n) is 2.19. The molecule has 21 heavy (non-hydrogen) atoms. The molecular formula is C17H12BrNOS. The van der Waals surface area contributed by atoms with E-state index in [-0.39, 0.29) is 0 Å². The maximum atomic E-state index is 6.05. The van der Waals surface area contributed by atoms with Gasteiger partial charge in [0.25, 0.3) is 0 Å². The van der Waals surface area contributed by atoms with Crippen LogP contribution in [0.4, 0.5) is 0 Å². The summed E-state index contributed by atoms with van der Waals surface area (Å²) in [4.78, 5) is 0.312. The van der Waals surface area contributed by atoms with Crippen LogP contribution in [0.3, 0.4) is 0 Å². The first-order chi connectivity index (χ1) is 10.1. The second-order valence-electron chi connectivity index (χ2n) is 4.58. The van der Waals surface area contributed by atoms with Crippen LogP contribution in [0, 0.1) is 0 Å². The normalized spacial score (nSPS) is 10.5. The maximum absolute atomic E-state index is 6.05. The molecule has 0 fully saturated rings. The Morgan fingerprint density at radius 1 is 0.952 bits per heavy atom. The molecule has 0 saturated carbocycles. The molecule has 0 aliphatic heterocycles. The number of rotatable bonds is 3. The van der Waals surface area contributed by atoms with Crippen LogP contribution in [-0.2, 0) is 0 Å². The van der Waals surface area contributed by atoms with Gasteiger partial charge in [-0.1, -0.05) is 64.5 Å². The van der Waals surface area contributed by atoms with Gasteiger partial charge in [0.1, 0.15) is 16.5 Å². The topological polar surface area (TPSA) is 35.2 Å². The number of benzene rings is 3. The highest BCUT2D eigenvalue weighted by Gasteiger charge is 2.10. The molecule has 0 spiro atoms. The molecule has 3 aromatic carbocycles. The Balaban J connectivity index is 2.09. The van der Waals surface area contributed by atoms with Crippen molar-refractivity contribution in [3.8, 4) is 11.5 Å². The van der Waals surface area contributed by atoms with Crippen molar-refractivity contribution in [2.45, 2.75) is 0 Å². The molecule has 0 aliphatic rings.